The van der Waals surface area contributed by atoms with Crippen LogP contribution in [0, 0.1) is 0 Å². The molecule has 2 aromatic carbocycles. The minimum Gasteiger partial charge on any atom is -0.495 e. The topological polar surface area (TPSA) is 53.6 Å². The summed E-state index contributed by atoms with van der Waals surface area (Å²) < 4.78 is 5.27. The highest BCUT2D eigenvalue weighted by atomic mass is 35.5. The van der Waals surface area contributed by atoms with Gasteiger partial charge in [0, 0.05) is 29.5 Å². The van der Waals surface area contributed by atoms with Crippen LogP contribution >= 0.6 is 11.6 Å². The van der Waals surface area contributed by atoms with Crippen LogP contribution in [0.4, 0.5) is 17.1 Å². The van der Waals surface area contributed by atoms with Crippen LogP contribution in [0.2, 0.25) is 5.02 Å². The molecule has 5 nitrogen and oxygen atoms in total. The van der Waals surface area contributed by atoms with E-state index in [9.17, 15) is 4.79 Å². The third kappa shape index (κ3) is 5.07. The fourth-order valence-corrected chi connectivity index (χ4v) is 3.43. The SMILES string of the molecule is COc1ccc(Cl)cc1NC(=O)[C@H](C)Nc1ccc(N2CCCCC2)cc1. The summed E-state index contributed by atoms with van der Waals surface area (Å²) in [5, 5.41) is 6.65. The molecule has 144 valence electrons. The number of hydrogen-bond acceptors (Lipinski definition) is 4. The van der Waals surface area contributed by atoms with Crippen LogP contribution in [0.3, 0.4) is 0 Å². The Morgan fingerprint density at radius 1 is 1.11 bits per heavy atom. The van der Waals surface area contributed by atoms with Gasteiger partial charge in [0.15, 0.2) is 0 Å². The highest BCUT2D eigenvalue weighted by Crippen LogP contribution is 2.28. The molecule has 0 aliphatic carbocycles. The van der Waals surface area contributed by atoms with E-state index in [1.807, 2.05) is 19.1 Å². The molecule has 2 N–H and O–H groups in total. The monoisotopic (exact) mass is 387 g/mol. The molecule has 1 saturated heterocycles. The Balaban J connectivity index is 1.60. The fraction of sp³-hybridized carbons (Fsp3) is 0.381. The van der Waals surface area contributed by atoms with Gasteiger partial charge in [-0.05, 0) is 68.7 Å². The number of benzene rings is 2. The Hall–Kier alpha value is -2.40. The molecule has 1 aliphatic rings. The number of hydrogen-bond donors (Lipinski definition) is 2. The second kappa shape index (κ2) is 9.00. The van der Waals surface area contributed by atoms with Crippen LogP contribution in [0.1, 0.15) is 26.2 Å². The molecule has 0 aromatic heterocycles. The average Bonchev–Trinajstić information content (AvgIpc) is 2.69. The first-order chi connectivity index (χ1) is 13.1. The van der Waals surface area contributed by atoms with Gasteiger partial charge in [0.2, 0.25) is 5.91 Å². The van der Waals surface area contributed by atoms with E-state index >= 15 is 0 Å². The number of halogens is 1. The molecule has 2 aromatic rings. The lowest BCUT2D eigenvalue weighted by atomic mass is 10.1. The molecule has 1 fully saturated rings. The van der Waals surface area contributed by atoms with Crippen LogP contribution < -0.4 is 20.3 Å². The Kier molecular flexibility index (Phi) is 6.45. The van der Waals surface area contributed by atoms with Crippen molar-refractivity contribution >= 4 is 34.6 Å². The third-order valence-corrected chi connectivity index (χ3v) is 5.02. The Morgan fingerprint density at radius 3 is 2.48 bits per heavy atom. The van der Waals surface area contributed by atoms with Gasteiger partial charge in [0.1, 0.15) is 11.8 Å². The van der Waals surface area contributed by atoms with Crippen molar-refractivity contribution in [2.75, 3.05) is 35.7 Å². The van der Waals surface area contributed by atoms with E-state index in [1.54, 1.807) is 25.3 Å². The molecule has 0 bridgehead atoms. The molecule has 27 heavy (non-hydrogen) atoms. The van der Waals surface area contributed by atoms with E-state index < -0.39 is 6.04 Å². The van der Waals surface area contributed by atoms with Crippen LogP contribution in [0.15, 0.2) is 42.5 Å². The summed E-state index contributed by atoms with van der Waals surface area (Å²) >= 11 is 6.02. The summed E-state index contributed by atoms with van der Waals surface area (Å²) in [4.78, 5) is 14.9. The van der Waals surface area contributed by atoms with Crippen molar-refractivity contribution in [1.82, 2.24) is 0 Å². The Bertz CT molecular complexity index is 773. The molecule has 1 amide bonds. The van der Waals surface area contributed by atoms with Gasteiger partial charge in [-0.1, -0.05) is 11.6 Å². The molecule has 6 heteroatoms. The zero-order chi connectivity index (χ0) is 19.2. The quantitative estimate of drug-likeness (QED) is 0.749. The molecule has 0 radical (unpaired) electrons. The summed E-state index contributed by atoms with van der Waals surface area (Å²) in [5.41, 5.74) is 2.71. The first-order valence-corrected chi connectivity index (χ1v) is 9.70. The van der Waals surface area contributed by atoms with E-state index in [2.05, 4.69) is 27.7 Å². The van der Waals surface area contributed by atoms with Gasteiger partial charge in [-0.2, -0.15) is 0 Å². The maximum absolute atomic E-state index is 12.5. The lowest BCUT2D eigenvalue weighted by Crippen LogP contribution is -2.32. The lowest BCUT2D eigenvalue weighted by molar-refractivity contribution is -0.116. The first-order valence-electron chi connectivity index (χ1n) is 9.33. The van der Waals surface area contributed by atoms with Gasteiger partial charge in [-0.25, -0.2) is 0 Å². The predicted molar refractivity (Wildman–Crippen MR) is 112 cm³/mol. The van der Waals surface area contributed by atoms with Crippen molar-refractivity contribution in [2.45, 2.75) is 32.2 Å². The summed E-state index contributed by atoms with van der Waals surface area (Å²) in [6.45, 7) is 4.06. The van der Waals surface area contributed by atoms with Crippen LogP contribution in [0.25, 0.3) is 0 Å². The number of anilines is 3. The summed E-state index contributed by atoms with van der Waals surface area (Å²) in [5.74, 6) is 0.418. The second-order valence-electron chi connectivity index (χ2n) is 6.79. The Morgan fingerprint density at radius 2 is 1.81 bits per heavy atom. The van der Waals surface area contributed by atoms with Gasteiger partial charge in [-0.3, -0.25) is 4.79 Å². The number of carbonyl (C=O) groups is 1. The molecule has 1 heterocycles. The smallest absolute Gasteiger partial charge is 0.246 e. The van der Waals surface area contributed by atoms with Crippen molar-refractivity contribution in [3.8, 4) is 5.75 Å². The largest absolute Gasteiger partial charge is 0.495 e. The highest BCUT2D eigenvalue weighted by molar-refractivity contribution is 6.31. The maximum atomic E-state index is 12.5. The minimum atomic E-state index is -0.408. The van der Waals surface area contributed by atoms with E-state index in [1.165, 1.54) is 24.9 Å². The van der Waals surface area contributed by atoms with Gasteiger partial charge in [0.05, 0.1) is 12.8 Å². The summed E-state index contributed by atoms with van der Waals surface area (Å²) in [7, 11) is 1.56. The molecular weight excluding hydrogens is 362 g/mol. The van der Waals surface area contributed by atoms with Crippen molar-refractivity contribution in [1.29, 1.82) is 0 Å². The zero-order valence-electron chi connectivity index (χ0n) is 15.8. The lowest BCUT2D eigenvalue weighted by Gasteiger charge is -2.29. The number of piperidine rings is 1. The molecule has 0 saturated carbocycles. The zero-order valence-corrected chi connectivity index (χ0v) is 16.6. The second-order valence-corrected chi connectivity index (χ2v) is 7.23. The molecular formula is C21H26ClN3O2. The number of ether oxygens (including phenoxy) is 1. The first kappa shape index (κ1) is 19.4. The standard InChI is InChI=1S/C21H26ClN3O2/c1-15(21(26)24-19-14-16(22)6-11-20(19)27-2)23-17-7-9-18(10-8-17)25-12-4-3-5-13-25/h6-11,14-15,23H,3-5,12-13H2,1-2H3,(H,24,26)/t15-/m0/s1. The molecule has 0 unspecified atom stereocenters. The van der Waals surface area contributed by atoms with Gasteiger partial charge in [-0.15, -0.1) is 0 Å². The number of nitrogens with zero attached hydrogens (tertiary/aromatic N) is 1. The minimum absolute atomic E-state index is 0.157. The molecule has 1 aliphatic heterocycles. The number of methoxy groups -OCH3 is 1. The van der Waals surface area contributed by atoms with Crippen molar-refractivity contribution in [3.05, 3.63) is 47.5 Å². The van der Waals surface area contributed by atoms with Gasteiger partial charge in [0.25, 0.3) is 0 Å². The summed E-state index contributed by atoms with van der Waals surface area (Å²) in [6.07, 6.45) is 3.83. The number of carbonyl (C=O) groups excluding carboxylic acids is 1. The van der Waals surface area contributed by atoms with Crippen LogP contribution in [0.5, 0.6) is 5.75 Å². The third-order valence-electron chi connectivity index (χ3n) is 4.78. The van der Waals surface area contributed by atoms with Gasteiger partial charge < -0.3 is 20.3 Å². The number of rotatable bonds is 6. The maximum Gasteiger partial charge on any atom is 0.246 e. The number of amides is 1. The average molecular weight is 388 g/mol. The molecule has 3 rings (SSSR count). The van der Waals surface area contributed by atoms with Crippen LogP contribution in [-0.4, -0.2) is 32.1 Å². The van der Waals surface area contributed by atoms with E-state index in [-0.39, 0.29) is 5.91 Å². The Labute approximate surface area is 165 Å². The van der Waals surface area contributed by atoms with Crippen molar-refractivity contribution in [3.63, 3.8) is 0 Å². The van der Waals surface area contributed by atoms with E-state index in [0.29, 0.717) is 16.5 Å². The van der Waals surface area contributed by atoms with Crippen LogP contribution in [-0.2, 0) is 4.79 Å². The van der Waals surface area contributed by atoms with Crippen molar-refractivity contribution < 1.29 is 9.53 Å². The fourth-order valence-electron chi connectivity index (χ4n) is 3.25. The van der Waals surface area contributed by atoms with E-state index in [0.717, 1.165) is 18.8 Å². The number of nitrogens with one attached hydrogen (secondary N) is 2. The van der Waals surface area contributed by atoms with Crippen molar-refractivity contribution in [2.24, 2.45) is 0 Å². The summed E-state index contributed by atoms with van der Waals surface area (Å²) in [6, 6.07) is 13.0. The molecule has 1 atom stereocenters. The van der Waals surface area contributed by atoms with E-state index in [4.69, 9.17) is 16.3 Å². The highest BCUT2D eigenvalue weighted by Gasteiger charge is 2.16. The molecule has 0 spiro atoms. The van der Waals surface area contributed by atoms with Gasteiger partial charge >= 0.3 is 0 Å². The predicted octanol–water partition coefficient (Wildman–Crippen LogP) is 4.78. The normalized spacial score (nSPS) is 15.1.